The van der Waals surface area contributed by atoms with E-state index in [0.29, 0.717) is 5.39 Å². The van der Waals surface area contributed by atoms with Gasteiger partial charge in [0.15, 0.2) is 0 Å². The number of hydrogen-bond acceptors (Lipinski definition) is 1. The summed E-state index contributed by atoms with van der Waals surface area (Å²) >= 11 is 0. The zero-order valence-electron chi connectivity index (χ0n) is 6.71. The predicted molar refractivity (Wildman–Crippen MR) is 46.4 cm³/mol. The number of nitrogens with zero attached hydrogens (tertiary/aromatic N) is 1. The molecule has 0 spiro atoms. The highest BCUT2D eigenvalue weighted by molar-refractivity contribution is 5.85. The lowest BCUT2D eigenvalue weighted by molar-refractivity contribution is 0.639. The van der Waals surface area contributed by atoms with Crippen molar-refractivity contribution in [1.82, 2.24) is 4.98 Å². The number of rotatable bonds is 0. The van der Waals surface area contributed by atoms with E-state index in [4.69, 9.17) is 0 Å². The van der Waals surface area contributed by atoms with Gasteiger partial charge >= 0.3 is 0 Å². The van der Waals surface area contributed by atoms with Crippen LogP contribution >= 0.6 is 0 Å². The Labute approximate surface area is 69.9 Å². The number of fused-ring (bicyclic) bond motifs is 1. The molecular weight excluding hydrogens is 153 g/mol. The van der Waals surface area contributed by atoms with Crippen LogP contribution in [0.2, 0.25) is 0 Å². The molecule has 0 radical (unpaired) electrons. The fourth-order valence-corrected chi connectivity index (χ4v) is 1.31. The first kappa shape index (κ1) is 7.22. The Hall–Kier alpha value is -1.44. The summed E-state index contributed by atoms with van der Waals surface area (Å²) in [6.45, 7) is 1.96. The summed E-state index contributed by atoms with van der Waals surface area (Å²) in [5, 5.41) is 1.53. The summed E-state index contributed by atoms with van der Waals surface area (Å²) in [5.74, 6) is -0.205. The van der Waals surface area contributed by atoms with E-state index in [9.17, 15) is 4.39 Å². The zero-order chi connectivity index (χ0) is 8.55. The topological polar surface area (TPSA) is 12.9 Å². The standard InChI is InChI=1S/C10H8FN/c1-7-2-3-10(11)9-6-12-5-4-8(7)9/h2-6H,1H3. The molecule has 60 valence electrons. The van der Waals surface area contributed by atoms with E-state index in [1.165, 1.54) is 6.07 Å². The van der Waals surface area contributed by atoms with Gasteiger partial charge in [-0.05, 0) is 30.0 Å². The van der Waals surface area contributed by atoms with E-state index in [-0.39, 0.29) is 5.82 Å². The molecule has 1 heterocycles. The average molecular weight is 161 g/mol. The van der Waals surface area contributed by atoms with E-state index < -0.39 is 0 Å². The lowest BCUT2D eigenvalue weighted by Gasteiger charge is -2.00. The Bertz CT molecular complexity index is 383. The van der Waals surface area contributed by atoms with Crippen LogP contribution in [0, 0.1) is 12.7 Å². The van der Waals surface area contributed by atoms with Crippen molar-refractivity contribution < 1.29 is 4.39 Å². The van der Waals surface area contributed by atoms with Gasteiger partial charge in [-0.3, -0.25) is 4.98 Å². The first-order chi connectivity index (χ1) is 5.79. The molecule has 0 unspecified atom stereocenters. The van der Waals surface area contributed by atoms with Crippen LogP contribution in [0.15, 0.2) is 30.6 Å². The van der Waals surface area contributed by atoms with Gasteiger partial charge in [-0.25, -0.2) is 4.39 Å². The molecule has 0 atom stereocenters. The highest BCUT2D eigenvalue weighted by Crippen LogP contribution is 2.19. The molecule has 0 bridgehead atoms. The second-order valence-corrected chi connectivity index (χ2v) is 2.79. The molecule has 2 aromatic rings. The molecule has 0 aliphatic rings. The van der Waals surface area contributed by atoms with Gasteiger partial charge in [-0.15, -0.1) is 0 Å². The summed E-state index contributed by atoms with van der Waals surface area (Å²) in [4.78, 5) is 3.87. The average Bonchev–Trinajstić information content (AvgIpc) is 2.12. The SMILES string of the molecule is Cc1ccc(F)c2cnccc12. The Balaban J connectivity index is 2.95. The zero-order valence-corrected chi connectivity index (χ0v) is 6.71. The van der Waals surface area contributed by atoms with E-state index in [0.717, 1.165) is 10.9 Å². The van der Waals surface area contributed by atoms with E-state index in [1.807, 2.05) is 13.0 Å². The number of pyridine rings is 1. The molecule has 0 saturated heterocycles. The molecular formula is C10H8FN. The molecule has 0 N–H and O–H groups in total. The van der Waals surface area contributed by atoms with Crippen LogP contribution in [0.3, 0.4) is 0 Å². The van der Waals surface area contributed by atoms with Crippen LogP contribution in [-0.2, 0) is 0 Å². The Morgan fingerprint density at radius 1 is 1.17 bits per heavy atom. The summed E-state index contributed by atoms with van der Waals surface area (Å²) in [6, 6.07) is 5.07. The molecule has 12 heavy (non-hydrogen) atoms. The van der Waals surface area contributed by atoms with Crippen LogP contribution in [0.1, 0.15) is 5.56 Å². The fourth-order valence-electron chi connectivity index (χ4n) is 1.31. The maximum Gasteiger partial charge on any atom is 0.132 e. The van der Waals surface area contributed by atoms with E-state index in [2.05, 4.69) is 4.98 Å². The highest BCUT2D eigenvalue weighted by Gasteiger charge is 2.01. The second kappa shape index (κ2) is 2.55. The van der Waals surface area contributed by atoms with Crippen molar-refractivity contribution in [2.75, 3.05) is 0 Å². The number of benzene rings is 1. The Morgan fingerprint density at radius 2 is 2.00 bits per heavy atom. The van der Waals surface area contributed by atoms with Crippen LogP contribution in [-0.4, -0.2) is 4.98 Å². The monoisotopic (exact) mass is 161 g/mol. The largest absolute Gasteiger partial charge is 0.264 e. The summed E-state index contributed by atoms with van der Waals surface area (Å²) < 4.78 is 13.1. The number of aromatic nitrogens is 1. The van der Waals surface area contributed by atoms with Gasteiger partial charge in [0, 0.05) is 17.8 Å². The van der Waals surface area contributed by atoms with Crippen LogP contribution in [0.25, 0.3) is 10.8 Å². The van der Waals surface area contributed by atoms with Crippen molar-refractivity contribution >= 4 is 10.8 Å². The first-order valence-electron chi connectivity index (χ1n) is 3.78. The normalized spacial score (nSPS) is 10.5. The van der Waals surface area contributed by atoms with Crippen LogP contribution in [0.5, 0.6) is 0 Å². The molecule has 0 aliphatic carbocycles. The van der Waals surface area contributed by atoms with Gasteiger partial charge in [0.2, 0.25) is 0 Å². The first-order valence-corrected chi connectivity index (χ1v) is 3.78. The molecule has 0 aliphatic heterocycles. The van der Waals surface area contributed by atoms with Gasteiger partial charge in [0.05, 0.1) is 0 Å². The smallest absolute Gasteiger partial charge is 0.132 e. The van der Waals surface area contributed by atoms with Crippen molar-refractivity contribution in [2.24, 2.45) is 0 Å². The van der Waals surface area contributed by atoms with Crippen molar-refractivity contribution in [3.8, 4) is 0 Å². The minimum absolute atomic E-state index is 0.205. The quantitative estimate of drug-likeness (QED) is 0.578. The molecule has 1 nitrogen and oxygen atoms in total. The van der Waals surface area contributed by atoms with Gasteiger partial charge < -0.3 is 0 Å². The van der Waals surface area contributed by atoms with Crippen molar-refractivity contribution in [3.05, 3.63) is 42.0 Å². The third-order valence-electron chi connectivity index (χ3n) is 1.98. The summed E-state index contributed by atoms with van der Waals surface area (Å²) in [7, 11) is 0. The second-order valence-electron chi connectivity index (χ2n) is 2.79. The molecule has 2 heteroatoms. The van der Waals surface area contributed by atoms with Crippen molar-refractivity contribution in [3.63, 3.8) is 0 Å². The molecule has 0 saturated carbocycles. The Morgan fingerprint density at radius 3 is 2.75 bits per heavy atom. The molecule has 2 rings (SSSR count). The molecule has 1 aromatic heterocycles. The third-order valence-corrected chi connectivity index (χ3v) is 1.98. The maximum atomic E-state index is 13.1. The van der Waals surface area contributed by atoms with Gasteiger partial charge in [-0.1, -0.05) is 6.07 Å². The molecule has 0 fully saturated rings. The van der Waals surface area contributed by atoms with Gasteiger partial charge in [-0.2, -0.15) is 0 Å². The lowest BCUT2D eigenvalue weighted by atomic mass is 10.1. The van der Waals surface area contributed by atoms with E-state index in [1.54, 1.807) is 18.5 Å². The van der Waals surface area contributed by atoms with Gasteiger partial charge in [0.1, 0.15) is 5.82 Å². The maximum absolute atomic E-state index is 13.1. The third kappa shape index (κ3) is 0.961. The van der Waals surface area contributed by atoms with Gasteiger partial charge in [0.25, 0.3) is 0 Å². The molecule has 1 aromatic carbocycles. The minimum Gasteiger partial charge on any atom is -0.264 e. The van der Waals surface area contributed by atoms with Crippen LogP contribution < -0.4 is 0 Å². The van der Waals surface area contributed by atoms with Crippen molar-refractivity contribution in [2.45, 2.75) is 6.92 Å². The number of hydrogen-bond donors (Lipinski definition) is 0. The summed E-state index contributed by atoms with van der Waals surface area (Å²) in [5.41, 5.74) is 1.08. The fraction of sp³-hybridized carbons (Fsp3) is 0.100. The van der Waals surface area contributed by atoms with Crippen molar-refractivity contribution in [1.29, 1.82) is 0 Å². The highest BCUT2D eigenvalue weighted by atomic mass is 19.1. The minimum atomic E-state index is -0.205. The number of halogens is 1. The summed E-state index contributed by atoms with van der Waals surface area (Å²) in [6.07, 6.45) is 3.23. The number of aryl methyl sites for hydroxylation is 1. The van der Waals surface area contributed by atoms with E-state index >= 15 is 0 Å². The lowest BCUT2D eigenvalue weighted by Crippen LogP contribution is -1.83. The predicted octanol–water partition coefficient (Wildman–Crippen LogP) is 2.68. The Kier molecular flexibility index (Phi) is 1.54. The van der Waals surface area contributed by atoms with Crippen LogP contribution in [0.4, 0.5) is 4.39 Å². The molecule has 0 amide bonds.